The number of carbonyl (C=O) groups excluding carboxylic acids is 3. The molecule has 0 bridgehead atoms. The molecule has 4 rings (SSSR count). The minimum Gasteiger partial charge on any atom is -0.495 e. The second kappa shape index (κ2) is 8.91. The first-order valence-corrected chi connectivity index (χ1v) is 10.0. The third kappa shape index (κ3) is 4.16. The molecule has 0 fully saturated rings. The van der Waals surface area contributed by atoms with Crippen LogP contribution in [0, 0.1) is 10.1 Å². The summed E-state index contributed by atoms with van der Waals surface area (Å²) in [4.78, 5) is 51.1. The summed E-state index contributed by atoms with van der Waals surface area (Å²) in [5.74, 6) is -1.61. The van der Waals surface area contributed by atoms with Crippen LogP contribution in [-0.4, -0.2) is 40.7 Å². The second-order valence-electron chi connectivity index (χ2n) is 7.36. The van der Waals surface area contributed by atoms with E-state index in [-0.39, 0.29) is 34.7 Å². The van der Waals surface area contributed by atoms with E-state index in [2.05, 4.69) is 5.32 Å². The van der Waals surface area contributed by atoms with Crippen LogP contribution in [0.5, 0.6) is 5.75 Å². The summed E-state index contributed by atoms with van der Waals surface area (Å²) in [5, 5.41) is 13.8. The normalized spacial score (nSPS) is 13.4. The van der Waals surface area contributed by atoms with Crippen LogP contribution < -0.4 is 10.1 Å². The van der Waals surface area contributed by atoms with E-state index in [1.54, 1.807) is 36.4 Å². The molecule has 3 amide bonds. The number of amides is 3. The summed E-state index contributed by atoms with van der Waals surface area (Å²) in [6, 6.07) is 17.9. The Balaban J connectivity index is 1.71. The van der Waals surface area contributed by atoms with Crippen LogP contribution in [0.4, 0.5) is 11.4 Å². The van der Waals surface area contributed by atoms with Gasteiger partial charge in [-0.2, -0.15) is 0 Å². The fraction of sp³-hybridized carbons (Fsp3) is 0.125. The molecule has 3 aromatic carbocycles. The lowest BCUT2D eigenvalue weighted by atomic mass is 10.0. The zero-order valence-electron chi connectivity index (χ0n) is 17.6. The number of nitrogens with one attached hydrogen (secondary N) is 1. The Hall–Kier alpha value is -4.53. The maximum atomic E-state index is 13.4. The van der Waals surface area contributed by atoms with E-state index in [4.69, 9.17) is 4.74 Å². The number of fused-ring (bicyclic) bond motifs is 1. The number of nitro groups is 1. The molecule has 0 unspecified atom stereocenters. The van der Waals surface area contributed by atoms with Gasteiger partial charge in [-0.1, -0.05) is 42.5 Å². The van der Waals surface area contributed by atoms with Crippen LogP contribution >= 0.6 is 0 Å². The maximum Gasteiger partial charge on any atom is 0.271 e. The maximum absolute atomic E-state index is 13.4. The van der Waals surface area contributed by atoms with Crippen molar-refractivity contribution in [2.45, 2.75) is 12.5 Å². The molecule has 0 radical (unpaired) electrons. The average Bonchev–Trinajstić information content (AvgIpc) is 3.08. The molecule has 166 valence electrons. The van der Waals surface area contributed by atoms with Gasteiger partial charge in [0.1, 0.15) is 11.8 Å². The van der Waals surface area contributed by atoms with E-state index in [0.29, 0.717) is 0 Å². The van der Waals surface area contributed by atoms with Crippen molar-refractivity contribution < 1.29 is 24.0 Å². The number of nitro benzene ring substituents is 1. The highest BCUT2D eigenvalue weighted by Gasteiger charge is 2.42. The van der Waals surface area contributed by atoms with Crippen LogP contribution in [0.2, 0.25) is 0 Å². The third-order valence-electron chi connectivity index (χ3n) is 5.36. The van der Waals surface area contributed by atoms with Crippen LogP contribution in [0.15, 0.2) is 72.8 Å². The van der Waals surface area contributed by atoms with E-state index in [1.165, 1.54) is 37.4 Å². The molecule has 1 N–H and O–H groups in total. The first-order valence-electron chi connectivity index (χ1n) is 10.0. The van der Waals surface area contributed by atoms with Crippen LogP contribution in [0.1, 0.15) is 26.3 Å². The van der Waals surface area contributed by atoms with Gasteiger partial charge in [-0.15, -0.1) is 0 Å². The summed E-state index contributed by atoms with van der Waals surface area (Å²) in [6.07, 6.45) is 0.0649. The number of nitrogens with zero attached hydrogens (tertiary/aromatic N) is 2. The molecule has 0 aromatic heterocycles. The number of imide groups is 1. The molecule has 1 heterocycles. The topological polar surface area (TPSA) is 119 Å². The standard InChI is InChI=1S/C24H19N3O6/c1-33-21-12-11-16(27(31)32)14-19(21)25-22(28)20(13-15-7-3-2-4-8-15)26-23(29)17-9-5-6-10-18(17)24(26)30/h2-12,14,20H,13H2,1H3,(H,25,28)/t20-/m1/s1. The van der Waals surface area contributed by atoms with Crippen molar-refractivity contribution >= 4 is 29.1 Å². The number of anilines is 1. The summed E-state index contributed by atoms with van der Waals surface area (Å²) < 4.78 is 5.21. The van der Waals surface area contributed by atoms with Gasteiger partial charge in [-0.3, -0.25) is 29.4 Å². The minimum absolute atomic E-state index is 0.0615. The van der Waals surface area contributed by atoms with Crippen molar-refractivity contribution in [1.29, 1.82) is 0 Å². The SMILES string of the molecule is COc1ccc([N+](=O)[O-])cc1NC(=O)[C@@H](Cc1ccccc1)N1C(=O)c2ccccc2C1=O. The predicted octanol–water partition coefficient (Wildman–Crippen LogP) is 3.45. The number of hydrogen-bond acceptors (Lipinski definition) is 6. The van der Waals surface area contributed by atoms with Crippen molar-refractivity contribution in [2.24, 2.45) is 0 Å². The van der Waals surface area contributed by atoms with Gasteiger partial charge in [-0.25, -0.2) is 0 Å². The Labute approximate surface area is 188 Å². The zero-order chi connectivity index (χ0) is 23.5. The van der Waals surface area contributed by atoms with Crippen molar-refractivity contribution in [2.75, 3.05) is 12.4 Å². The molecule has 0 spiro atoms. The number of ether oxygens (including phenoxy) is 1. The van der Waals surface area contributed by atoms with Crippen molar-refractivity contribution in [3.63, 3.8) is 0 Å². The molecular formula is C24H19N3O6. The van der Waals surface area contributed by atoms with Gasteiger partial charge in [0, 0.05) is 18.6 Å². The van der Waals surface area contributed by atoms with E-state index in [1.807, 2.05) is 6.07 Å². The highest BCUT2D eigenvalue weighted by atomic mass is 16.6. The molecule has 1 aliphatic heterocycles. The van der Waals surface area contributed by atoms with Gasteiger partial charge < -0.3 is 10.1 Å². The minimum atomic E-state index is -1.19. The highest BCUT2D eigenvalue weighted by Crippen LogP contribution is 2.31. The van der Waals surface area contributed by atoms with Gasteiger partial charge in [0.05, 0.1) is 28.8 Å². The number of benzene rings is 3. The zero-order valence-corrected chi connectivity index (χ0v) is 17.6. The molecule has 3 aromatic rings. The number of hydrogen-bond donors (Lipinski definition) is 1. The second-order valence-corrected chi connectivity index (χ2v) is 7.36. The van der Waals surface area contributed by atoms with Gasteiger partial charge in [-0.05, 0) is 23.8 Å². The number of non-ortho nitro benzene ring substituents is 1. The Bertz CT molecular complexity index is 1220. The quantitative estimate of drug-likeness (QED) is 0.338. The summed E-state index contributed by atoms with van der Waals surface area (Å²) >= 11 is 0. The molecule has 1 atom stereocenters. The fourth-order valence-corrected chi connectivity index (χ4v) is 3.75. The van der Waals surface area contributed by atoms with E-state index >= 15 is 0 Å². The third-order valence-corrected chi connectivity index (χ3v) is 5.36. The number of methoxy groups -OCH3 is 1. The molecule has 1 aliphatic rings. The van der Waals surface area contributed by atoms with Gasteiger partial charge in [0.25, 0.3) is 17.5 Å². The van der Waals surface area contributed by atoms with Gasteiger partial charge in [0.15, 0.2) is 0 Å². The van der Waals surface area contributed by atoms with Crippen molar-refractivity contribution in [3.05, 3.63) is 99.6 Å². The molecule has 0 aliphatic carbocycles. The monoisotopic (exact) mass is 445 g/mol. The van der Waals surface area contributed by atoms with Crippen LogP contribution in [0.3, 0.4) is 0 Å². The van der Waals surface area contributed by atoms with E-state index < -0.39 is 28.7 Å². The molecule has 9 nitrogen and oxygen atoms in total. The Kier molecular flexibility index (Phi) is 5.86. The molecule has 0 saturated carbocycles. The lowest BCUT2D eigenvalue weighted by molar-refractivity contribution is -0.384. The van der Waals surface area contributed by atoms with Crippen molar-refractivity contribution in [3.8, 4) is 5.75 Å². The number of carbonyl (C=O) groups is 3. The summed E-state index contributed by atoms with van der Waals surface area (Å²) in [6.45, 7) is 0. The van der Waals surface area contributed by atoms with Crippen molar-refractivity contribution in [1.82, 2.24) is 4.90 Å². The molecule has 0 saturated heterocycles. The fourth-order valence-electron chi connectivity index (χ4n) is 3.75. The number of rotatable bonds is 7. The highest BCUT2D eigenvalue weighted by molar-refractivity contribution is 6.23. The molecule has 33 heavy (non-hydrogen) atoms. The smallest absolute Gasteiger partial charge is 0.271 e. The van der Waals surface area contributed by atoms with Gasteiger partial charge >= 0.3 is 0 Å². The lowest BCUT2D eigenvalue weighted by Crippen LogP contribution is -2.48. The first-order chi connectivity index (χ1) is 15.9. The predicted molar refractivity (Wildman–Crippen MR) is 119 cm³/mol. The first kappa shape index (κ1) is 21.7. The Morgan fingerprint density at radius 2 is 1.61 bits per heavy atom. The van der Waals surface area contributed by atoms with E-state index in [9.17, 15) is 24.5 Å². The molecular weight excluding hydrogens is 426 g/mol. The van der Waals surface area contributed by atoms with Crippen LogP contribution in [-0.2, 0) is 11.2 Å². The summed E-state index contributed by atoms with van der Waals surface area (Å²) in [5.41, 5.74) is 1.00. The average molecular weight is 445 g/mol. The van der Waals surface area contributed by atoms with E-state index in [0.717, 1.165) is 10.5 Å². The largest absolute Gasteiger partial charge is 0.495 e. The Morgan fingerprint density at radius 1 is 1.00 bits per heavy atom. The Morgan fingerprint density at radius 3 is 2.18 bits per heavy atom. The van der Waals surface area contributed by atoms with Crippen LogP contribution in [0.25, 0.3) is 0 Å². The van der Waals surface area contributed by atoms with Gasteiger partial charge in [0.2, 0.25) is 5.91 Å². The lowest BCUT2D eigenvalue weighted by Gasteiger charge is -2.26. The summed E-state index contributed by atoms with van der Waals surface area (Å²) in [7, 11) is 1.36. The molecule has 9 heteroatoms.